The van der Waals surface area contributed by atoms with Gasteiger partial charge in [-0.3, -0.25) is 9.48 Å². The van der Waals surface area contributed by atoms with Crippen molar-refractivity contribution in [3.63, 3.8) is 0 Å². The predicted molar refractivity (Wildman–Crippen MR) is 74.6 cm³/mol. The normalized spacial score (nSPS) is 12.2. The van der Waals surface area contributed by atoms with E-state index in [0.717, 1.165) is 0 Å². The number of carbonyl (C=O) groups excluding carboxylic acids is 1. The highest BCUT2D eigenvalue weighted by atomic mass is 19.1. The molecule has 0 fully saturated rings. The maximum atomic E-state index is 13.9. The molecule has 1 aromatic carbocycles. The van der Waals surface area contributed by atoms with Gasteiger partial charge in [0.15, 0.2) is 0 Å². The first-order valence-electron chi connectivity index (χ1n) is 6.39. The molecule has 1 heterocycles. The fourth-order valence-corrected chi connectivity index (χ4v) is 2.01. The molecule has 3 N–H and O–H groups in total. The Labute approximate surface area is 120 Å². The summed E-state index contributed by atoms with van der Waals surface area (Å²) in [6.07, 6.45) is 3.06. The Hall–Kier alpha value is -2.44. The number of hydrogen-bond donors (Lipinski definition) is 2. The van der Waals surface area contributed by atoms with Crippen LogP contribution in [0.2, 0.25) is 0 Å². The number of benzene rings is 1. The molecule has 0 saturated carbocycles. The van der Waals surface area contributed by atoms with E-state index in [1.807, 2.05) is 0 Å². The van der Waals surface area contributed by atoms with E-state index in [-0.39, 0.29) is 17.7 Å². The third-order valence-electron chi connectivity index (χ3n) is 3.08. The van der Waals surface area contributed by atoms with Crippen LogP contribution in [-0.4, -0.2) is 15.7 Å². The lowest BCUT2D eigenvalue weighted by Crippen LogP contribution is -2.18. The van der Waals surface area contributed by atoms with Crippen molar-refractivity contribution in [3.05, 3.63) is 47.3 Å². The summed E-state index contributed by atoms with van der Waals surface area (Å²) in [6, 6.07) is 1.89. The lowest BCUT2D eigenvalue weighted by atomic mass is 10.0. The zero-order valence-corrected chi connectivity index (χ0v) is 11.7. The van der Waals surface area contributed by atoms with E-state index in [0.29, 0.717) is 5.69 Å². The highest BCUT2D eigenvalue weighted by molar-refractivity contribution is 5.73. The number of nitrogens with one attached hydrogen (secondary N) is 1. The summed E-state index contributed by atoms with van der Waals surface area (Å²) in [5, 5.41) is 6.94. The molecule has 1 aromatic heterocycles. The monoisotopic (exact) mass is 294 g/mol. The van der Waals surface area contributed by atoms with Crippen LogP contribution in [0.15, 0.2) is 24.5 Å². The third kappa shape index (κ3) is 3.56. The summed E-state index contributed by atoms with van der Waals surface area (Å²) in [7, 11) is 0. The summed E-state index contributed by atoms with van der Waals surface area (Å²) in [5.41, 5.74) is 6.14. The zero-order chi connectivity index (χ0) is 15.6. The van der Waals surface area contributed by atoms with E-state index < -0.39 is 23.6 Å². The summed E-state index contributed by atoms with van der Waals surface area (Å²) in [6.45, 7) is 3.18. The minimum atomic E-state index is -0.510. The van der Waals surface area contributed by atoms with Crippen LogP contribution in [0.4, 0.5) is 14.5 Å². The Bertz CT molecular complexity index is 669. The molecule has 0 aliphatic rings. The van der Waals surface area contributed by atoms with E-state index in [2.05, 4.69) is 10.4 Å². The van der Waals surface area contributed by atoms with Crippen LogP contribution in [0.3, 0.4) is 0 Å². The van der Waals surface area contributed by atoms with Crippen molar-refractivity contribution in [3.8, 4) is 0 Å². The van der Waals surface area contributed by atoms with E-state index in [1.165, 1.54) is 29.9 Å². The molecule has 2 rings (SSSR count). The Balaban J connectivity index is 2.14. The SMILES string of the molecule is Cc1cc(F)c(C(C)Nc2cnn(CC(N)=O)c2)cc1F. The minimum Gasteiger partial charge on any atom is -0.376 e. The van der Waals surface area contributed by atoms with Crippen LogP contribution in [0, 0.1) is 18.6 Å². The maximum Gasteiger partial charge on any atom is 0.239 e. The molecule has 21 heavy (non-hydrogen) atoms. The molecule has 0 radical (unpaired) electrons. The van der Waals surface area contributed by atoms with E-state index >= 15 is 0 Å². The van der Waals surface area contributed by atoms with Crippen LogP contribution in [0.25, 0.3) is 0 Å². The van der Waals surface area contributed by atoms with Gasteiger partial charge in [-0.2, -0.15) is 5.10 Å². The smallest absolute Gasteiger partial charge is 0.239 e. The summed E-state index contributed by atoms with van der Waals surface area (Å²) in [5.74, 6) is -1.44. The first-order valence-corrected chi connectivity index (χ1v) is 6.39. The predicted octanol–water partition coefficient (Wildman–Crippen LogP) is 2.13. The molecule has 2 aromatic rings. The van der Waals surface area contributed by atoms with Crippen molar-refractivity contribution in [2.45, 2.75) is 26.4 Å². The lowest BCUT2D eigenvalue weighted by molar-refractivity contribution is -0.118. The largest absolute Gasteiger partial charge is 0.376 e. The molecular formula is C14H16F2N4O. The van der Waals surface area contributed by atoms with Crippen molar-refractivity contribution >= 4 is 11.6 Å². The van der Waals surface area contributed by atoms with Crippen LogP contribution < -0.4 is 11.1 Å². The number of primary amides is 1. The molecule has 0 spiro atoms. The van der Waals surface area contributed by atoms with Crippen LogP contribution >= 0.6 is 0 Å². The number of anilines is 1. The number of hydrogen-bond acceptors (Lipinski definition) is 3. The maximum absolute atomic E-state index is 13.9. The fraction of sp³-hybridized carbons (Fsp3) is 0.286. The summed E-state index contributed by atoms with van der Waals surface area (Å²) < 4.78 is 28.8. The van der Waals surface area contributed by atoms with Crippen LogP contribution in [-0.2, 0) is 11.3 Å². The standard InChI is InChI=1S/C14H16F2N4O/c1-8-3-13(16)11(4-12(8)15)9(2)19-10-5-18-20(6-10)7-14(17)21/h3-6,9,19H,7H2,1-2H3,(H2,17,21). The topological polar surface area (TPSA) is 72.9 Å². The Morgan fingerprint density at radius 2 is 2.14 bits per heavy atom. The summed E-state index contributed by atoms with van der Waals surface area (Å²) in [4.78, 5) is 10.8. The van der Waals surface area contributed by atoms with Crippen LogP contribution in [0.1, 0.15) is 24.1 Å². The Morgan fingerprint density at radius 3 is 2.81 bits per heavy atom. The average molecular weight is 294 g/mol. The number of nitrogens with zero attached hydrogens (tertiary/aromatic N) is 2. The lowest BCUT2D eigenvalue weighted by Gasteiger charge is -2.15. The second-order valence-electron chi connectivity index (χ2n) is 4.88. The van der Waals surface area contributed by atoms with E-state index in [1.54, 1.807) is 13.1 Å². The van der Waals surface area contributed by atoms with Crippen molar-refractivity contribution in [2.75, 3.05) is 5.32 Å². The molecule has 112 valence electrons. The van der Waals surface area contributed by atoms with Crippen molar-refractivity contribution in [1.82, 2.24) is 9.78 Å². The summed E-state index contributed by atoms with van der Waals surface area (Å²) >= 11 is 0. The first kappa shape index (κ1) is 15.0. The van der Waals surface area contributed by atoms with Gasteiger partial charge >= 0.3 is 0 Å². The number of rotatable bonds is 5. The molecule has 1 amide bonds. The molecule has 1 unspecified atom stereocenters. The van der Waals surface area contributed by atoms with Gasteiger partial charge in [-0.25, -0.2) is 8.78 Å². The van der Waals surface area contributed by atoms with Crippen molar-refractivity contribution in [2.24, 2.45) is 5.73 Å². The Morgan fingerprint density at radius 1 is 1.43 bits per heavy atom. The number of aryl methyl sites for hydroxylation is 1. The number of amides is 1. The number of carbonyl (C=O) groups is 1. The van der Waals surface area contributed by atoms with Gasteiger partial charge in [0.05, 0.1) is 17.9 Å². The fourth-order valence-electron chi connectivity index (χ4n) is 2.01. The molecule has 0 aliphatic carbocycles. The van der Waals surface area contributed by atoms with Gasteiger partial charge in [0.2, 0.25) is 5.91 Å². The second-order valence-corrected chi connectivity index (χ2v) is 4.88. The van der Waals surface area contributed by atoms with E-state index in [9.17, 15) is 13.6 Å². The average Bonchev–Trinajstić information content (AvgIpc) is 2.80. The van der Waals surface area contributed by atoms with Gasteiger partial charge in [-0.05, 0) is 31.5 Å². The molecule has 1 atom stereocenters. The van der Waals surface area contributed by atoms with E-state index in [4.69, 9.17) is 5.73 Å². The minimum absolute atomic E-state index is 0.0381. The van der Waals surface area contributed by atoms with Gasteiger partial charge in [0.1, 0.15) is 18.2 Å². The van der Waals surface area contributed by atoms with Gasteiger partial charge in [-0.15, -0.1) is 0 Å². The number of nitrogens with two attached hydrogens (primary N) is 1. The Kier molecular flexibility index (Phi) is 4.21. The molecule has 0 bridgehead atoms. The van der Waals surface area contributed by atoms with Crippen molar-refractivity contribution < 1.29 is 13.6 Å². The molecule has 5 nitrogen and oxygen atoms in total. The number of halogens is 2. The molecular weight excluding hydrogens is 278 g/mol. The van der Waals surface area contributed by atoms with Crippen molar-refractivity contribution in [1.29, 1.82) is 0 Å². The first-order chi connectivity index (χ1) is 9.86. The molecule has 7 heteroatoms. The van der Waals surface area contributed by atoms with Gasteiger partial charge in [-0.1, -0.05) is 0 Å². The highest BCUT2D eigenvalue weighted by Crippen LogP contribution is 2.23. The third-order valence-corrected chi connectivity index (χ3v) is 3.08. The quantitative estimate of drug-likeness (QED) is 0.887. The van der Waals surface area contributed by atoms with Gasteiger partial charge in [0, 0.05) is 11.8 Å². The van der Waals surface area contributed by atoms with Gasteiger partial charge in [0.25, 0.3) is 0 Å². The number of aromatic nitrogens is 2. The van der Waals surface area contributed by atoms with Crippen LogP contribution in [0.5, 0.6) is 0 Å². The molecule has 0 aliphatic heterocycles. The van der Waals surface area contributed by atoms with Gasteiger partial charge < -0.3 is 11.1 Å². The zero-order valence-electron chi connectivity index (χ0n) is 11.7. The highest BCUT2D eigenvalue weighted by Gasteiger charge is 2.14. The second kappa shape index (κ2) is 5.90. The molecule has 0 saturated heterocycles.